The first kappa shape index (κ1) is 19.1. The summed E-state index contributed by atoms with van der Waals surface area (Å²) in [6.45, 7) is 0.530. The van der Waals surface area contributed by atoms with Crippen molar-refractivity contribution in [3.05, 3.63) is 80.9 Å². The normalized spacial score (nSPS) is 10.5. The number of nitrogens with one attached hydrogen (secondary N) is 2. The fourth-order valence-electron chi connectivity index (χ4n) is 2.06. The topological polar surface area (TPSA) is 101 Å². The summed E-state index contributed by atoms with van der Waals surface area (Å²) in [5.41, 5.74) is 0.800. The van der Waals surface area contributed by atoms with E-state index in [1.165, 1.54) is 24.3 Å². The second kappa shape index (κ2) is 9.33. The number of nitro groups is 1. The molecule has 2 aromatic carbocycles. The molecular formula is C18H16ClN3O4. The van der Waals surface area contributed by atoms with E-state index >= 15 is 0 Å². The summed E-state index contributed by atoms with van der Waals surface area (Å²) in [5, 5.41) is 16.2. The number of rotatable bonds is 7. The standard InChI is InChI=1S/C18H16ClN3O4/c19-15-8-6-13(12-16(15)22(25)26)7-9-17(23)20-10-11-21-18(24)14-4-2-1-3-5-14/h1-9,12H,10-11H2,(H,20,23)(H,21,24)/b9-7+. The average Bonchev–Trinajstić information content (AvgIpc) is 2.64. The van der Waals surface area contributed by atoms with Crippen LogP contribution in [0.1, 0.15) is 15.9 Å². The van der Waals surface area contributed by atoms with E-state index in [9.17, 15) is 19.7 Å². The third kappa shape index (κ3) is 5.71. The van der Waals surface area contributed by atoms with Crippen LogP contribution in [-0.2, 0) is 4.79 Å². The molecule has 2 N–H and O–H groups in total. The number of benzene rings is 2. The molecule has 8 heteroatoms. The molecule has 0 spiro atoms. The Hall–Kier alpha value is -3.19. The van der Waals surface area contributed by atoms with Crippen molar-refractivity contribution in [2.75, 3.05) is 13.1 Å². The lowest BCUT2D eigenvalue weighted by molar-refractivity contribution is -0.384. The summed E-state index contributed by atoms with van der Waals surface area (Å²) in [6.07, 6.45) is 2.70. The molecule has 2 amide bonds. The van der Waals surface area contributed by atoms with Gasteiger partial charge in [0.15, 0.2) is 0 Å². The number of hydrogen-bond acceptors (Lipinski definition) is 4. The Morgan fingerprint density at radius 2 is 1.77 bits per heavy atom. The van der Waals surface area contributed by atoms with Gasteiger partial charge >= 0.3 is 0 Å². The highest BCUT2D eigenvalue weighted by Crippen LogP contribution is 2.25. The number of carbonyl (C=O) groups is 2. The summed E-state index contributed by atoms with van der Waals surface area (Å²) in [6, 6.07) is 13.0. The van der Waals surface area contributed by atoms with Crippen LogP contribution in [-0.4, -0.2) is 29.8 Å². The van der Waals surface area contributed by atoms with Gasteiger partial charge in [-0.3, -0.25) is 19.7 Å². The maximum absolute atomic E-state index is 11.8. The second-order valence-corrected chi connectivity index (χ2v) is 5.62. The van der Waals surface area contributed by atoms with Gasteiger partial charge in [0.05, 0.1) is 4.92 Å². The molecule has 7 nitrogen and oxygen atoms in total. The van der Waals surface area contributed by atoms with Crippen LogP contribution in [0.25, 0.3) is 6.08 Å². The maximum Gasteiger partial charge on any atom is 0.288 e. The zero-order valence-electron chi connectivity index (χ0n) is 13.6. The molecule has 0 saturated heterocycles. The van der Waals surface area contributed by atoms with Crippen molar-refractivity contribution in [2.45, 2.75) is 0 Å². The first-order valence-corrected chi connectivity index (χ1v) is 8.08. The Bertz CT molecular complexity index is 838. The third-order valence-corrected chi connectivity index (χ3v) is 3.66. The molecule has 0 bridgehead atoms. The Balaban J connectivity index is 1.78. The monoisotopic (exact) mass is 373 g/mol. The van der Waals surface area contributed by atoms with Crippen LogP contribution < -0.4 is 10.6 Å². The Kier molecular flexibility index (Phi) is 6.87. The number of carbonyl (C=O) groups excluding carboxylic acids is 2. The zero-order valence-corrected chi connectivity index (χ0v) is 14.4. The molecular weight excluding hydrogens is 358 g/mol. The van der Waals surface area contributed by atoms with Crippen molar-refractivity contribution >= 4 is 35.2 Å². The van der Waals surface area contributed by atoms with Crippen LogP contribution in [0.3, 0.4) is 0 Å². The van der Waals surface area contributed by atoms with Crippen LogP contribution in [0.15, 0.2) is 54.6 Å². The van der Waals surface area contributed by atoms with E-state index in [1.807, 2.05) is 6.07 Å². The molecule has 0 aliphatic rings. The van der Waals surface area contributed by atoms with E-state index in [4.69, 9.17) is 11.6 Å². The Morgan fingerprint density at radius 3 is 2.46 bits per heavy atom. The Labute approximate surface area is 154 Å². The van der Waals surface area contributed by atoms with Gasteiger partial charge in [0.2, 0.25) is 5.91 Å². The van der Waals surface area contributed by atoms with E-state index in [2.05, 4.69) is 10.6 Å². The van der Waals surface area contributed by atoms with Gasteiger partial charge in [0, 0.05) is 30.8 Å². The molecule has 0 unspecified atom stereocenters. The van der Waals surface area contributed by atoms with Crippen LogP contribution in [0, 0.1) is 10.1 Å². The molecule has 0 radical (unpaired) electrons. The smallest absolute Gasteiger partial charge is 0.288 e. The highest BCUT2D eigenvalue weighted by Gasteiger charge is 2.11. The minimum absolute atomic E-state index is 0.0331. The van der Waals surface area contributed by atoms with Gasteiger partial charge in [-0.2, -0.15) is 0 Å². The molecule has 0 fully saturated rings. The van der Waals surface area contributed by atoms with Crippen molar-refractivity contribution in [3.8, 4) is 0 Å². The van der Waals surface area contributed by atoms with Crippen molar-refractivity contribution in [2.24, 2.45) is 0 Å². The second-order valence-electron chi connectivity index (χ2n) is 5.21. The van der Waals surface area contributed by atoms with Crippen LogP contribution in [0.4, 0.5) is 5.69 Å². The molecule has 0 saturated carbocycles. The van der Waals surface area contributed by atoms with Crippen molar-refractivity contribution in [3.63, 3.8) is 0 Å². The predicted octanol–water partition coefficient (Wildman–Crippen LogP) is 2.81. The molecule has 0 atom stereocenters. The minimum atomic E-state index is -0.588. The lowest BCUT2D eigenvalue weighted by Crippen LogP contribution is -2.33. The summed E-state index contributed by atoms with van der Waals surface area (Å²) < 4.78 is 0. The van der Waals surface area contributed by atoms with Gasteiger partial charge in [-0.15, -0.1) is 0 Å². The molecule has 0 heterocycles. The van der Waals surface area contributed by atoms with Gasteiger partial charge in [-0.05, 0) is 29.8 Å². The molecule has 26 heavy (non-hydrogen) atoms. The van der Waals surface area contributed by atoms with E-state index in [0.29, 0.717) is 11.1 Å². The summed E-state index contributed by atoms with van der Waals surface area (Å²) in [7, 11) is 0. The molecule has 0 aliphatic carbocycles. The lowest BCUT2D eigenvalue weighted by Gasteiger charge is -2.05. The van der Waals surface area contributed by atoms with Crippen molar-refractivity contribution in [1.29, 1.82) is 0 Å². The van der Waals surface area contributed by atoms with E-state index in [0.717, 1.165) is 0 Å². The first-order chi connectivity index (χ1) is 12.5. The van der Waals surface area contributed by atoms with Gasteiger partial charge in [0.25, 0.3) is 11.6 Å². The molecule has 0 aromatic heterocycles. The number of amides is 2. The fraction of sp³-hybridized carbons (Fsp3) is 0.111. The number of hydrogen-bond donors (Lipinski definition) is 2. The van der Waals surface area contributed by atoms with Crippen molar-refractivity contribution in [1.82, 2.24) is 10.6 Å². The van der Waals surface area contributed by atoms with Crippen molar-refractivity contribution < 1.29 is 14.5 Å². The number of nitro benzene ring substituents is 1. The fourth-order valence-corrected chi connectivity index (χ4v) is 2.24. The average molecular weight is 374 g/mol. The first-order valence-electron chi connectivity index (χ1n) is 7.70. The van der Waals surface area contributed by atoms with Crippen LogP contribution >= 0.6 is 11.6 Å². The quantitative estimate of drug-likeness (QED) is 0.337. The summed E-state index contributed by atoms with van der Waals surface area (Å²) in [4.78, 5) is 33.8. The van der Waals surface area contributed by atoms with Gasteiger partial charge < -0.3 is 10.6 Å². The largest absolute Gasteiger partial charge is 0.351 e. The predicted molar refractivity (Wildman–Crippen MR) is 98.9 cm³/mol. The highest BCUT2D eigenvalue weighted by atomic mass is 35.5. The van der Waals surface area contributed by atoms with Gasteiger partial charge in [-0.25, -0.2) is 0 Å². The molecule has 134 valence electrons. The zero-order chi connectivity index (χ0) is 18.9. The van der Waals surface area contributed by atoms with Gasteiger partial charge in [0.1, 0.15) is 5.02 Å². The molecule has 2 rings (SSSR count). The lowest BCUT2D eigenvalue weighted by atomic mass is 10.2. The van der Waals surface area contributed by atoms with Crippen LogP contribution in [0.5, 0.6) is 0 Å². The SMILES string of the molecule is O=C(/C=C/c1ccc(Cl)c([N+](=O)[O-])c1)NCCNC(=O)c1ccccc1. The summed E-state index contributed by atoms with van der Waals surface area (Å²) in [5.74, 6) is -0.597. The summed E-state index contributed by atoms with van der Waals surface area (Å²) >= 11 is 5.73. The number of halogens is 1. The molecule has 0 aliphatic heterocycles. The van der Waals surface area contributed by atoms with E-state index in [-0.39, 0.29) is 35.6 Å². The number of nitrogens with zero attached hydrogens (tertiary/aromatic N) is 1. The maximum atomic E-state index is 11.8. The third-order valence-electron chi connectivity index (χ3n) is 3.34. The van der Waals surface area contributed by atoms with Crippen LogP contribution in [0.2, 0.25) is 5.02 Å². The van der Waals surface area contributed by atoms with Gasteiger partial charge in [-0.1, -0.05) is 35.9 Å². The Morgan fingerprint density at radius 1 is 1.08 bits per heavy atom. The van der Waals surface area contributed by atoms with E-state index < -0.39 is 4.92 Å². The minimum Gasteiger partial charge on any atom is -0.351 e. The molecule has 2 aromatic rings. The van der Waals surface area contributed by atoms with E-state index in [1.54, 1.807) is 30.3 Å². The highest BCUT2D eigenvalue weighted by molar-refractivity contribution is 6.32.